The minimum absolute atomic E-state index is 0.00933. The topological polar surface area (TPSA) is 665 Å². The van der Waals surface area contributed by atoms with Gasteiger partial charge in [-0.15, -0.1) is 11.8 Å². The summed E-state index contributed by atoms with van der Waals surface area (Å²) in [5, 5.41) is 83.7. The van der Waals surface area contributed by atoms with E-state index in [1.807, 2.05) is 13.8 Å². The summed E-state index contributed by atoms with van der Waals surface area (Å²) >= 11 is 0.775. The monoisotopic (exact) mass is 2050 g/mol. The number of aromatic hydroxyl groups is 1. The number of benzene rings is 4. The number of phenolic OH excluding ortho intramolecular Hbond substituents is 1. The van der Waals surface area contributed by atoms with Gasteiger partial charge in [-0.2, -0.15) is 0 Å². The number of phenols is 1. The Hall–Kier alpha value is -13.8. The van der Waals surface area contributed by atoms with E-state index < -0.39 is 267 Å². The van der Waals surface area contributed by atoms with Gasteiger partial charge in [0.05, 0.1) is 31.9 Å². The minimum atomic E-state index is -2.00. The number of hydrogen-bond donors (Lipinski definition) is 20. The Morgan fingerprint density at radius 1 is 0.575 bits per heavy atom. The standard InChI is InChI=1S/C99H140BN21O24S/c1-12-14-24-77-92(135)109-68(37-54(3)4)89(132)115-75(87(130)106-48-83(103)125)52-146-53-84(126)107-71(40-57-28-31-61(122)32-29-57)95(138)116(8)56(7)86(129)111-73(44-82(102)124)97(140)120-36-20-27-78(120)93(136)114-74(47-104-45-58-30-33-81(145-11)65(39-58)100(143)144)91(134)112-70(38-55(5)6)98(141)121-50-62(123)43-80(121)94(137)110-69(41-59-46-105-66-23-18-16-21-63(59)66)90(133)108-67(34-35-101)88(131)113-72(96(139)118(10)79(25-15-13-2)99(142)117(77)9)42-60-49-119(51-85(127)128)76-26-19-17-22-64(60)76/h16-19,21-23,26,28-33,39,46,49,54-56,62,67-75,77-80,104-105,122-123,143-144H,12-15,20,24-25,27,34-38,40-45,47-48,50-53,101H2,1-11H3,(H2,102,124)(H2,103,125)(H,106,130)(H,107,126)(H,108,133)(H,109,135)(H,110,137)(H,111,129)(H,112,134)(H,113,131)(H,114,136)(H,115,132)(H,127,128)/t56-,62+,67-,68-,69-,70-,71-,72-,73-,74-,75-,77-,78-,79-,80-/m0/s1. The lowest BCUT2D eigenvalue weighted by atomic mass is 9.78. The van der Waals surface area contributed by atoms with Crippen molar-refractivity contribution in [1.29, 1.82) is 0 Å². The first-order valence-corrected chi connectivity index (χ1v) is 50.3. The molecule has 3 fully saturated rings. The van der Waals surface area contributed by atoms with Crippen LogP contribution in [0.2, 0.25) is 0 Å². The molecule has 15 atom stereocenters. The molecule has 0 spiro atoms. The number of carbonyl (C=O) groups excluding carboxylic acids is 17. The number of aromatic amines is 1. The number of carboxylic acids is 1. The third kappa shape index (κ3) is 32.1. The molecule has 47 heteroatoms. The molecule has 0 aliphatic carbocycles. The number of carboxylic acid groups (broad SMARTS) is 1. The summed E-state index contributed by atoms with van der Waals surface area (Å²) in [5.74, 6) is -19.2. The zero-order chi connectivity index (χ0) is 107. The maximum Gasteiger partial charge on any atom is 0.492 e. The van der Waals surface area contributed by atoms with Crippen molar-refractivity contribution in [2.75, 3.05) is 72.5 Å². The van der Waals surface area contributed by atoms with Crippen LogP contribution in [-0.4, -0.2) is 336 Å². The first-order chi connectivity index (χ1) is 69.3. The smallest absolute Gasteiger partial charge is 0.492 e. The van der Waals surface area contributed by atoms with Crippen molar-refractivity contribution >= 4 is 153 Å². The summed E-state index contributed by atoms with van der Waals surface area (Å²) < 4.78 is 6.76. The van der Waals surface area contributed by atoms with Gasteiger partial charge in [-0.25, -0.2) is 0 Å². The molecule has 0 unspecified atom stereocenters. The van der Waals surface area contributed by atoms with Crippen molar-refractivity contribution in [3.8, 4) is 11.5 Å². The van der Waals surface area contributed by atoms with E-state index in [-0.39, 0.29) is 100 Å². The van der Waals surface area contributed by atoms with Gasteiger partial charge < -0.3 is 140 Å². The number of H-pyrrole nitrogens is 1. The molecule has 0 bridgehead atoms. The van der Waals surface area contributed by atoms with Gasteiger partial charge in [-0.3, -0.25) is 86.3 Å². The van der Waals surface area contributed by atoms with Gasteiger partial charge in [-0.1, -0.05) is 128 Å². The number of para-hydroxylation sites is 2. The van der Waals surface area contributed by atoms with Crippen molar-refractivity contribution in [2.45, 2.75) is 255 Å². The van der Waals surface area contributed by atoms with E-state index in [4.69, 9.17) is 21.9 Å². The fraction of sp³-hybridized carbons (Fsp3) is 0.535. The second-order valence-electron chi connectivity index (χ2n) is 38.2. The average molecular weight is 2050 g/mol. The summed E-state index contributed by atoms with van der Waals surface area (Å²) in [6.07, 6.45) is 0.478. The van der Waals surface area contributed by atoms with E-state index >= 15 is 47.9 Å². The average Bonchev–Trinajstić information content (AvgIpc) is 1.65. The number of aliphatic hydroxyl groups is 1. The predicted molar refractivity (Wildman–Crippen MR) is 540 cm³/mol. The number of likely N-dealkylation sites (N-methyl/N-ethyl adjacent to an activating group) is 3. The molecule has 6 aromatic rings. The number of ether oxygens (including phenoxy) is 1. The summed E-state index contributed by atoms with van der Waals surface area (Å²) in [6.45, 7) is 9.08. The number of aliphatic hydroxyl groups excluding tert-OH is 1. The SMILES string of the molecule is CCCC[C@H]1C(=O)N(C)[C@@H](CCCC)C(=O)N[C@@H](CC(C)C)C(=O)N[C@H](C(=O)NCC(N)=O)CSCC(=O)N[C@@H](Cc2ccc(O)cc2)C(=O)N(C)[C@@H](C)C(=O)N[C@@H](CC(N)=O)C(=O)N2CCC[C@H]2C(=O)N[C@@H](CNCc2ccc(OC)c(B(O)O)c2)C(=O)N[C@@H](CC(C)C)C(=O)N2C[C@H](O)C[C@H]2C(=O)N[C@@H](Cc2c[nH]c3ccccc23)C(=O)N[C@@H](CCN)C(=O)N[C@@H](Cc2cn(CC(=O)O)c3ccccc23)C(=O)N1C. The number of rotatable bonds is 31. The van der Waals surface area contributed by atoms with Gasteiger partial charge in [0.25, 0.3) is 0 Å². The predicted octanol–water partition coefficient (Wildman–Crippen LogP) is -2.72. The lowest BCUT2D eigenvalue weighted by Crippen LogP contribution is -2.62. The molecular formula is C99H140BN21O24S. The maximum atomic E-state index is 16.1. The van der Waals surface area contributed by atoms with Crippen LogP contribution in [0.4, 0.5) is 0 Å². The van der Waals surface area contributed by atoms with E-state index in [0.717, 1.165) is 36.3 Å². The van der Waals surface area contributed by atoms with Crippen LogP contribution in [0.25, 0.3) is 21.8 Å². The number of amides is 17. The molecule has 794 valence electrons. The number of hydrogen-bond acceptors (Lipinski definition) is 26. The second kappa shape index (κ2) is 55.0. The highest BCUT2D eigenvalue weighted by molar-refractivity contribution is 8.00. The molecular weight excluding hydrogens is 1910 g/mol. The number of unbranched alkanes of at least 4 members (excludes halogenated alkanes) is 2. The van der Waals surface area contributed by atoms with Gasteiger partial charge in [0.1, 0.15) is 103 Å². The fourth-order valence-electron chi connectivity index (χ4n) is 18.2. The number of carbonyl (C=O) groups is 18. The number of thioether (sulfide) groups is 1. The normalized spacial score (nSPS) is 23.8. The molecule has 0 saturated carbocycles. The van der Waals surface area contributed by atoms with Crippen LogP contribution in [0.3, 0.4) is 0 Å². The van der Waals surface area contributed by atoms with E-state index in [1.165, 1.54) is 82.3 Å². The molecule has 3 aliphatic rings. The number of nitrogens with one attached hydrogen (secondary N) is 12. The highest BCUT2D eigenvalue weighted by atomic mass is 32.2. The lowest BCUT2D eigenvalue weighted by Gasteiger charge is -2.36. The van der Waals surface area contributed by atoms with E-state index in [0.29, 0.717) is 69.7 Å². The first kappa shape index (κ1) is 116. The van der Waals surface area contributed by atoms with Gasteiger partial charge >= 0.3 is 13.1 Å². The number of aliphatic carboxylic acids is 1. The molecule has 9 rings (SSSR count). The van der Waals surface area contributed by atoms with Gasteiger partial charge in [-0.05, 0) is 123 Å². The summed E-state index contributed by atoms with van der Waals surface area (Å²) in [6, 6.07) is 1.65. The number of nitrogens with zero attached hydrogens (tertiary/aromatic N) is 6. The first-order valence-electron chi connectivity index (χ1n) is 49.1. The van der Waals surface area contributed by atoms with E-state index in [1.54, 1.807) is 88.5 Å². The Balaban J connectivity index is 1.14. The highest BCUT2D eigenvalue weighted by Gasteiger charge is 2.47. The Morgan fingerprint density at radius 2 is 1.14 bits per heavy atom. The van der Waals surface area contributed by atoms with Crippen LogP contribution in [-0.2, 0) is 119 Å². The third-order valence-electron chi connectivity index (χ3n) is 26.1. The number of primary amides is 2. The molecule has 23 N–H and O–H groups in total. The summed E-state index contributed by atoms with van der Waals surface area (Å²) in [5.41, 5.74) is 20.2. The Kier molecular flexibility index (Phi) is 43.6. The van der Waals surface area contributed by atoms with E-state index in [9.17, 15) is 63.7 Å². The van der Waals surface area contributed by atoms with Gasteiger partial charge in [0, 0.05) is 118 Å². The number of aromatic nitrogens is 2. The number of nitrogens with two attached hydrogens (primary N) is 3. The molecule has 3 saturated heterocycles. The summed E-state index contributed by atoms with van der Waals surface area (Å²) in [7, 11) is 3.21. The van der Waals surface area contributed by atoms with Crippen LogP contribution >= 0.6 is 11.8 Å². The zero-order valence-electron chi connectivity index (χ0n) is 84.2. The van der Waals surface area contributed by atoms with Crippen molar-refractivity contribution in [1.82, 2.24) is 92.5 Å². The molecule has 2 aromatic heterocycles. The van der Waals surface area contributed by atoms with Gasteiger partial charge in [0.15, 0.2) is 0 Å². The Labute approximate surface area is 850 Å². The Bertz CT molecular complexity index is 5650. The maximum absolute atomic E-state index is 16.1. The molecule has 146 heavy (non-hydrogen) atoms. The van der Waals surface area contributed by atoms with Crippen molar-refractivity contribution in [2.24, 2.45) is 29.0 Å². The fourth-order valence-corrected chi connectivity index (χ4v) is 19.1. The van der Waals surface area contributed by atoms with Crippen LogP contribution in [0.1, 0.15) is 154 Å². The van der Waals surface area contributed by atoms with Crippen LogP contribution in [0.15, 0.2) is 103 Å². The Morgan fingerprint density at radius 3 is 1.79 bits per heavy atom. The van der Waals surface area contributed by atoms with Crippen LogP contribution in [0, 0.1) is 11.8 Å². The van der Waals surface area contributed by atoms with E-state index in [2.05, 4.69) is 63.5 Å². The molecule has 5 heterocycles. The quantitative estimate of drug-likeness (QED) is 0.0197. The molecule has 17 amide bonds. The second-order valence-corrected chi connectivity index (χ2v) is 39.2. The van der Waals surface area contributed by atoms with Crippen LogP contribution < -0.4 is 85.9 Å². The van der Waals surface area contributed by atoms with Crippen molar-refractivity contribution < 1.29 is 116 Å². The molecule has 0 radical (unpaired) electrons. The van der Waals surface area contributed by atoms with Crippen molar-refractivity contribution in [3.05, 3.63) is 126 Å². The largest absolute Gasteiger partial charge is 0.508 e. The lowest BCUT2D eigenvalue weighted by molar-refractivity contribution is -0.149. The number of methoxy groups -OCH3 is 1. The highest BCUT2D eigenvalue weighted by Crippen LogP contribution is 2.30. The molecule has 3 aliphatic heterocycles. The van der Waals surface area contributed by atoms with Crippen molar-refractivity contribution in [3.63, 3.8) is 0 Å². The molecule has 45 nitrogen and oxygen atoms in total. The third-order valence-corrected chi connectivity index (χ3v) is 27.1. The molecule has 4 aromatic carbocycles. The number of fused-ring (bicyclic) bond motifs is 4. The van der Waals surface area contributed by atoms with Gasteiger partial charge in [0.2, 0.25) is 100 Å². The zero-order valence-corrected chi connectivity index (χ0v) is 85.0. The minimum Gasteiger partial charge on any atom is -0.508 e. The summed E-state index contributed by atoms with van der Waals surface area (Å²) in [4.78, 5) is 275. The van der Waals surface area contributed by atoms with Crippen LogP contribution in [0.5, 0.6) is 11.5 Å².